The second kappa shape index (κ2) is 14.2. The molecule has 2 aliphatic rings. The summed E-state index contributed by atoms with van der Waals surface area (Å²) in [5, 5.41) is 10.8. The number of likely N-dealkylation sites (tertiary alicyclic amines) is 1. The summed E-state index contributed by atoms with van der Waals surface area (Å²) in [6.07, 6.45) is -3.20. The Kier molecular flexibility index (Phi) is 13.1. The minimum Gasteiger partial charge on any atom is -0.693 e. The number of nitrogens with two attached hydrogens (primary N) is 1. The molecular weight excluding hydrogens is 538 g/mol. The molecule has 0 spiro atoms. The Bertz CT molecular complexity index is 895. The SMILES string of the molecule is CC.[NH-]CC1CCN(CC(O)CN2c3ccccc3Sc3ccc(C(F)(F)F)cc32)CC1.[NH2-].[Y]. The Balaban J connectivity index is 0.00000141. The number of alkyl halides is 3. The Morgan fingerprint density at radius 3 is 2.26 bits per heavy atom. The van der Waals surface area contributed by atoms with Gasteiger partial charge in [0.15, 0.2) is 0 Å². The van der Waals surface area contributed by atoms with Crippen molar-refractivity contribution in [2.45, 2.75) is 48.8 Å². The van der Waals surface area contributed by atoms with E-state index in [0.29, 0.717) is 24.7 Å². The molecule has 34 heavy (non-hydrogen) atoms. The summed E-state index contributed by atoms with van der Waals surface area (Å²) in [4.78, 5) is 5.73. The minimum absolute atomic E-state index is 0. The van der Waals surface area contributed by atoms with Crippen molar-refractivity contribution in [1.82, 2.24) is 4.90 Å². The standard InChI is InChI=1S/C22H25F3N3OS.C2H6.H2N.Y/c23-22(24,25)16-5-6-21-19(11-16)28(18-3-1-2-4-20(18)30-21)14-17(29)13-27-9-7-15(12-26)8-10-27;1-2;;/h1-6,11,15,17,26,29H,7-10,12-14H2;1-2H3;1H2;/q-1;;-1;. The number of halogens is 3. The number of aliphatic hydroxyl groups is 1. The molecule has 0 aliphatic carbocycles. The number of hydrogen-bond acceptors (Lipinski definition) is 4. The molecule has 2 aliphatic heterocycles. The average Bonchev–Trinajstić information content (AvgIpc) is 2.80. The normalized spacial score (nSPS) is 16.7. The Morgan fingerprint density at radius 2 is 1.65 bits per heavy atom. The van der Waals surface area contributed by atoms with Gasteiger partial charge >= 0.3 is 6.18 Å². The average molecular weight is 572 g/mol. The van der Waals surface area contributed by atoms with Crippen molar-refractivity contribution in [2.24, 2.45) is 5.92 Å². The van der Waals surface area contributed by atoms with Crippen LogP contribution in [0.3, 0.4) is 0 Å². The van der Waals surface area contributed by atoms with Crippen LogP contribution in [0, 0.1) is 5.92 Å². The van der Waals surface area contributed by atoms with Crippen molar-refractivity contribution in [3.63, 3.8) is 0 Å². The van der Waals surface area contributed by atoms with Gasteiger partial charge in [0.25, 0.3) is 0 Å². The second-order valence-corrected chi connectivity index (χ2v) is 9.05. The van der Waals surface area contributed by atoms with Crippen LogP contribution in [-0.4, -0.2) is 48.8 Å². The number of rotatable bonds is 5. The minimum atomic E-state index is -4.41. The third-order valence-electron chi connectivity index (χ3n) is 5.81. The number of nitrogens with one attached hydrogen (secondary N) is 1. The second-order valence-electron chi connectivity index (χ2n) is 7.96. The van der Waals surface area contributed by atoms with Crippen molar-refractivity contribution >= 4 is 23.1 Å². The van der Waals surface area contributed by atoms with Crippen molar-refractivity contribution in [3.8, 4) is 0 Å². The molecule has 10 heteroatoms. The molecule has 0 aromatic heterocycles. The Labute approximate surface area is 230 Å². The van der Waals surface area contributed by atoms with Crippen LogP contribution in [0.15, 0.2) is 52.3 Å². The monoisotopic (exact) mass is 571 g/mol. The fraction of sp³-hybridized carbons (Fsp3) is 0.500. The van der Waals surface area contributed by atoms with Crippen LogP contribution >= 0.6 is 11.8 Å². The summed E-state index contributed by atoms with van der Waals surface area (Å²) < 4.78 is 40.0. The Hall–Kier alpha value is -0.676. The van der Waals surface area contributed by atoms with E-state index in [1.54, 1.807) is 0 Å². The quantitative estimate of drug-likeness (QED) is 0.412. The first-order valence-electron chi connectivity index (χ1n) is 11.2. The van der Waals surface area contributed by atoms with Crippen LogP contribution in [0.5, 0.6) is 0 Å². The van der Waals surface area contributed by atoms with Crippen molar-refractivity contribution in [3.05, 3.63) is 59.9 Å². The first-order chi connectivity index (χ1) is 15.3. The molecule has 1 radical (unpaired) electrons. The zero-order chi connectivity index (χ0) is 23.3. The van der Waals surface area contributed by atoms with E-state index >= 15 is 0 Å². The molecule has 4 N–H and O–H groups in total. The smallest absolute Gasteiger partial charge is 0.416 e. The predicted molar refractivity (Wildman–Crippen MR) is 130 cm³/mol. The molecule has 1 unspecified atom stereocenters. The molecule has 0 bridgehead atoms. The maximum absolute atomic E-state index is 13.3. The van der Waals surface area contributed by atoms with E-state index in [1.807, 2.05) is 43.0 Å². The first kappa shape index (κ1) is 31.4. The van der Waals surface area contributed by atoms with Crippen LogP contribution in [0.25, 0.3) is 11.9 Å². The zero-order valence-electron chi connectivity index (χ0n) is 19.7. The van der Waals surface area contributed by atoms with Gasteiger partial charge in [0.2, 0.25) is 0 Å². The summed E-state index contributed by atoms with van der Waals surface area (Å²) in [6.45, 7) is 6.84. The number of aliphatic hydroxyl groups excluding tert-OH is 1. The third kappa shape index (κ3) is 7.66. The maximum Gasteiger partial charge on any atom is 0.416 e. The van der Waals surface area contributed by atoms with Gasteiger partial charge in [-0.2, -0.15) is 13.2 Å². The summed E-state index contributed by atoms with van der Waals surface area (Å²) >= 11 is 1.45. The largest absolute Gasteiger partial charge is 0.693 e. The van der Waals surface area contributed by atoms with E-state index in [1.165, 1.54) is 23.9 Å². The van der Waals surface area contributed by atoms with Gasteiger partial charge in [0.05, 0.1) is 29.6 Å². The summed E-state index contributed by atoms with van der Waals surface area (Å²) in [7, 11) is 0. The number of nitrogens with zero attached hydrogens (tertiary/aromatic N) is 2. The van der Waals surface area contributed by atoms with Crippen molar-refractivity contribution in [1.29, 1.82) is 0 Å². The number of anilines is 2. The fourth-order valence-corrected chi connectivity index (χ4v) is 5.22. The summed E-state index contributed by atoms with van der Waals surface area (Å²) in [5.41, 5.74) is 8.14. The van der Waals surface area contributed by atoms with Gasteiger partial charge in [0.1, 0.15) is 0 Å². The van der Waals surface area contributed by atoms with Crippen molar-refractivity contribution in [2.75, 3.05) is 37.6 Å². The van der Waals surface area contributed by atoms with E-state index in [9.17, 15) is 18.3 Å². The van der Waals surface area contributed by atoms with Gasteiger partial charge in [-0.3, -0.25) is 0 Å². The number of hydrogen-bond donors (Lipinski definition) is 1. The van der Waals surface area contributed by atoms with Gasteiger partial charge in [-0.05, 0) is 56.3 Å². The molecular formula is C24H33F3N4OSY-2. The number of benzene rings is 2. The van der Waals surface area contributed by atoms with E-state index in [4.69, 9.17) is 5.73 Å². The van der Waals surface area contributed by atoms with Gasteiger partial charge in [0, 0.05) is 49.0 Å². The van der Waals surface area contributed by atoms with Crippen LogP contribution in [0.2, 0.25) is 0 Å². The first-order valence-corrected chi connectivity index (χ1v) is 12.0. The number of β-amino-alcohol motifs (C(OH)–C–C–N with tert-alkyl or cyclic N) is 1. The molecule has 2 aromatic carbocycles. The number of piperidine rings is 1. The van der Waals surface area contributed by atoms with E-state index in [2.05, 4.69) is 4.90 Å². The molecule has 2 heterocycles. The topological polar surface area (TPSA) is 84.0 Å². The third-order valence-corrected chi connectivity index (χ3v) is 6.94. The van der Waals surface area contributed by atoms with Gasteiger partial charge < -0.3 is 26.8 Å². The van der Waals surface area contributed by atoms with Crippen LogP contribution < -0.4 is 4.90 Å². The molecule has 2 aromatic rings. The van der Waals surface area contributed by atoms with E-state index in [0.717, 1.165) is 47.5 Å². The molecule has 1 fully saturated rings. The number of para-hydroxylation sites is 1. The summed E-state index contributed by atoms with van der Waals surface area (Å²) in [5.74, 6) is 0.428. The molecule has 1 atom stereocenters. The fourth-order valence-electron chi connectivity index (χ4n) is 4.14. The van der Waals surface area contributed by atoms with E-state index < -0.39 is 17.8 Å². The van der Waals surface area contributed by atoms with Gasteiger partial charge in [-0.1, -0.05) is 43.7 Å². The molecule has 0 saturated carbocycles. The zero-order valence-corrected chi connectivity index (χ0v) is 23.3. The molecule has 5 nitrogen and oxygen atoms in total. The Morgan fingerprint density at radius 1 is 1.03 bits per heavy atom. The number of fused-ring (bicyclic) bond motifs is 2. The predicted octanol–water partition coefficient (Wildman–Crippen LogP) is 7.17. The van der Waals surface area contributed by atoms with E-state index in [-0.39, 0.29) is 45.4 Å². The van der Waals surface area contributed by atoms with Gasteiger partial charge in [-0.15, -0.1) is 6.54 Å². The van der Waals surface area contributed by atoms with Gasteiger partial charge in [-0.25, -0.2) is 0 Å². The molecule has 1 saturated heterocycles. The molecule has 187 valence electrons. The van der Waals surface area contributed by atoms with Crippen molar-refractivity contribution < 1.29 is 51.0 Å². The van der Waals surface area contributed by atoms with Crippen LogP contribution in [0.1, 0.15) is 32.3 Å². The van der Waals surface area contributed by atoms with Crippen LogP contribution in [-0.2, 0) is 38.9 Å². The maximum atomic E-state index is 13.3. The molecule has 4 rings (SSSR count). The van der Waals surface area contributed by atoms with Crippen LogP contribution in [0.4, 0.5) is 24.5 Å². The molecule has 0 amide bonds. The summed E-state index contributed by atoms with van der Waals surface area (Å²) in [6, 6.07) is 11.4.